The molecular weight excluding hydrogens is 296 g/mol. The molecule has 1 amide bonds. The first-order chi connectivity index (χ1) is 11.2. The predicted octanol–water partition coefficient (Wildman–Crippen LogP) is 2.13. The normalized spacial score (nSPS) is 13.3. The Bertz CT molecular complexity index is 699. The van der Waals surface area contributed by atoms with Gasteiger partial charge in [-0.1, -0.05) is 0 Å². The molecule has 2 aromatic rings. The van der Waals surface area contributed by atoms with Crippen LogP contribution in [0.15, 0.2) is 30.6 Å². The zero-order valence-electron chi connectivity index (χ0n) is 13.0. The fraction of sp³-hybridized carbons (Fsp3) is 0.312. The SMILES string of the molecule is COc1ccc(Nc2ncc(C(=O)NC3CC3)cn2)cc1OC. The molecule has 0 atom stereocenters. The summed E-state index contributed by atoms with van der Waals surface area (Å²) < 4.78 is 10.4. The molecular formula is C16H18N4O3. The molecule has 0 bridgehead atoms. The number of rotatable bonds is 6. The lowest BCUT2D eigenvalue weighted by Crippen LogP contribution is -2.25. The fourth-order valence-corrected chi connectivity index (χ4v) is 2.05. The van der Waals surface area contributed by atoms with E-state index in [0.29, 0.717) is 29.1 Å². The van der Waals surface area contributed by atoms with Crippen LogP contribution < -0.4 is 20.1 Å². The van der Waals surface area contributed by atoms with E-state index < -0.39 is 0 Å². The van der Waals surface area contributed by atoms with Gasteiger partial charge in [-0.05, 0) is 25.0 Å². The highest BCUT2D eigenvalue weighted by Gasteiger charge is 2.24. The van der Waals surface area contributed by atoms with Crippen LogP contribution in [0, 0.1) is 0 Å². The topological polar surface area (TPSA) is 85.4 Å². The van der Waals surface area contributed by atoms with Crippen molar-refractivity contribution in [1.29, 1.82) is 0 Å². The van der Waals surface area contributed by atoms with Crippen LogP contribution in [0.25, 0.3) is 0 Å². The second-order valence-electron chi connectivity index (χ2n) is 5.24. The average molecular weight is 314 g/mol. The number of amides is 1. The number of ether oxygens (including phenoxy) is 2. The third kappa shape index (κ3) is 3.68. The van der Waals surface area contributed by atoms with Crippen LogP contribution in [-0.4, -0.2) is 36.1 Å². The molecule has 7 heteroatoms. The minimum absolute atomic E-state index is 0.134. The molecule has 1 aromatic heterocycles. The summed E-state index contributed by atoms with van der Waals surface area (Å²) in [6.07, 6.45) is 5.11. The molecule has 1 aliphatic rings. The van der Waals surface area contributed by atoms with Gasteiger partial charge in [-0.15, -0.1) is 0 Å². The van der Waals surface area contributed by atoms with E-state index in [1.165, 1.54) is 12.4 Å². The van der Waals surface area contributed by atoms with Gasteiger partial charge in [-0.25, -0.2) is 9.97 Å². The molecule has 1 heterocycles. The van der Waals surface area contributed by atoms with E-state index in [0.717, 1.165) is 18.5 Å². The molecule has 1 fully saturated rings. The average Bonchev–Trinajstić information content (AvgIpc) is 3.39. The largest absolute Gasteiger partial charge is 0.493 e. The van der Waals surface area contributed by atoms with E-state index in [1.54, 1.807) is 26.4 Å². The van der Waals surface area contributed by atoms with Gasteiger partial charge >= 0.3 is 0 Å². The van der Waals surface area contributed by atoms with Crippen LogP contribution in [0.1, 0.15) is 23.2 Å². The summed E-state index contributed by atoms with van der Waals surface area (Å²) in [4.78, 5) is 20.2. The van der Waals surface area contributed by atoms with E-state index in [9.17, 15) is 4.79 Å². The molecule has 120 valence electrons. The molecule has 0 unspecified atom stereocenters. The van der Waals surface area contributed by atoms with Crippen molar-refractivity contribution >= 4 is 17.5 Å². The molecule has 0 radical (unpaired) electrons. The summed E-state index contributed by atoms with van der Waals surface area (Å²) in [5.74, 6) is 1.52. The first-order valence-corrected chi connectivity index (χ1v) is 7.31. The molecule has 7 nitrogen and oxygen atoms in total. The number of methoxy groups -OCH3 is 2. The Morgan fingerprint density at radius 1 is 1.13 bits per heavy atom. The number of nitrogens with zero attached hydrogens (tertiary/aromatic N) is 2. The van der Waals surface area contributed by atoms with E-state index in [2.05, 4.69) is 20.6 Å². The van der Waals surface area contributed by atoms with Crippen molar-refractivity contribution in [2.75, 3.05) is 19.5 Å². The molecule has 1 aliphatic carbocycles. The smallest absolute Gasteiger partial charge is 0.254 e. The van der Waals surface area contributed by atoms with Crippen LogP contribution in [0.3, 0.4) is 0 Å². The second-order valence-corrected chi connectivity index (χ2v) is 5.24. The Morgan fingerprint density at radius 3 is 2.43 bits per heavy atom. The predicted molar refractivity (Wildman–Crippen MR) is 85.3 cm³/mol. The lowest BCUT2D eigenvalue weighted by atomic mass is 10.2. The van der Waals surface area contributed by atoms with Crippen molar-refractivity contribution in [3.8, 4) is 11.5 Å². The van der Waals surface area contributed by atoms with E-state index in [-0.39, 0.29) is 5.91 Å². The fourth-order valence-electron chi connectivity index (χ4n) is 2.05. The maximum absolute atomic E-state index is 11.9. The zero-order valence-corrected chi connectivity index (χ0v) is 13.0. The number of benzene rings is 1. The monoisotopic (exact) mass is 314 g/mol. The van der Waals surface area contributed by atoms with Crippen LogP contribution >= 0.6 is 0 Å². The Labute approximate surface area is 134 Å². The van der Waals surface area contributed by atoms with E-state index in [4.69, 9.17) is 9.47 Å². The minimum atomic E-state index is -0.134. The number of hydrogen-bond donors (Lipinski definition) is 2. The van der Waals surface area contributed by atoms with Gasteiger partial charge in [0.15, 0.2) is 11.5 Å². The number of hydrogen-bond acceptors (Lipinski definition) is 6. The summed E-state index contributed by atoms with van der Waals surface area (Å²) >= 11 is 0. The van der Waals surface area contributed by atoms with Crippen molar-refractivity contribution in [2.24, 2.45) is 0 Å². The van der Waals surface area contributed by atoms with Crippen molar-refractivity contribution in [3.05, 3.63) is 36.2 Å². The quantitative estimate of drug-likeness (QED) is 0.849. The summed E-state index contributed by atoms with van der Waals surface area (Å²) in [6, 6.07) is 5.72. The van der Waals surface area contributed by atoms with Gasteiger partial charge in [0.2, 0.25) is 5.95 Å². The Morgan fingerprint density at radius 2 is 1.83 bits per heavy atom. The highest BCUT2D eigenvalue weighted by atomic mass is 16.5. The van der Waals surface area contributed by atoms with Gasteiger partial charge < -0.3 is 20.1 Å². The second kappa shape index (κ2) is 6.51. The van der Waals surface area contributed by atoms with Gasteiger partial charge in [0.05, 0.1) is 19.8 Å². The van der Waals surface area contributed by atoms with Crippen molar-refractivity contribution in [1.82, 2.24) is 15.3 Å². The molecule has 23 heavy (non-hydrogen) atoms. The number of anilines is 2. The standard InChI is InChI=1S/C16H18N4O3/c1-22-13-6-5-12(7-14(13)23-2)20-16-17-8-10(9-18-16)15(21)19-11-3-4-11/h5-9,11H,3-4H2,1-2H3,(H,19,21)(H,17,18,20). The number of nitrogens with one attached hydrogen (secondary N) is 2. The number of aromatic nitrogens is 2. The third-order valence-corrected chi connectivity index (χ3v) is 3.47. The molecule has 0 aliphatic heterocycles. The van der Waals surface area contributed by atoms with Crippen LogP contribution in [-0.2, 0) is 0 Å². The van der Waals surface area contributed by atoms with Crippen LogP contribution in [0.4, 0.5) is 11.6 Å². The molecule has 1 aromatic carbocycles. The lowest BCUT2D eigenvalue weighted by molar-refractivity contribution is 0.0950. The molecule has 3 rings (SSSR count). The van der Waals surface area contributed by atoms with Crippen molar-refractivity contribution < 1.29 is 14.3 Å². The van der Waals surface area contributed by atoms with E-state index in [1.807, 2.05) is 6.07 Å². The lowest BCUT2D eigenvalue weighted by Gasteiger charge is -2.10. The molecule has 2 N–H and O–H groups in total. The van der Waals surface area contributed by atoms with Crippen LogP contribution in [0.5, 0.6) is 11.5 Å². The Balaban J connectivity index is 1.69. The van der Waals surface area contributed by atoms with Gasteiger partial charge in [-0.2, -0.15) is 0 Å². The summed E-state index contributed by atoms with van der Waals surface area (Å²) in [5.41, 5.74) is 1.22. The highest BCUT2D eigenvalue weighted by Crippen LogP contribution is 2.30. The van der Waals surface area contributed by atoms with Gasteiger partial charge in [0.25, 0.3) is 5.91 Å². The molecule has 1 saturated carbocycles. The van der Waals surface area contributed by atoms with Crippen LogP contribution in [0.2, 0.25) is 0 Å². The van der Waals surface area contributed by atoms with Gasteiger partial charge in [0, 0.05) is 30.2 Å². The summed E-state index contributed by atoms with van der Waals surface area (Å²) in [5, 5.41) is 5.96. The zero-order chi connectivity index (χ0) is 16.2. The van der Waals surface area contributed by atoms with Crippen molar-refractivity contribution in [2.45, 2.75) is 18.9 Å². The van der Waals surface area contributed by atoms with E-state index >= 15 is 0 Å². The first-order valence-electron chi connectivity index (χ1n) is 7.31. The molecule has 0 spiro atoms. The third-order valence-electron chi connectivity index (χ3n) is 3.47. The highest BCUT2D eigenvalue weighted by molar-refractivity contribution is 5.94. The molecule has 0 saturated heterocycles. The number of carbonyl (C=O) groups excluding carboxylic acids is 1. The summed E-state index contributed by atoms with van der Waals surface area (Å²) in [6.45, 7) is 0. The number of carbonyl (C=O) groups is 1. The Kier molecular flexibility index (Phi) is 4.27. The maximum atomic E-state index is 11.9. The minimum Gasteiger partial charge on any atom is -0.493 e. The maximum Gasteiger partial charge on any atom is 0.254 e. The Hall–Kier alpha value is -2.83. The van der Waals surface area contributed by atoms with Gasteiger partial charge in [-0.3, -0.25) is 4.79 Å². The first kappa shape index (κ1) is 15.1. The van der Waals surface area contributed by atoms with Gasteiger partial charge in [0.1, 0.15) is 0 Å². The van der Waals surface area contributed by atoms with Crippen molar-refractivity contribution in [3.63, 3.8) is 0 Å². The summed E-state index contributed by atoms with van der Waals surface area (Å²) in [7, 11) is 3.16.